The van der Waals surface area contributed by atoms with Gasteiger partial charge in [-0.15, -0.1) is 0 Å². The monoisotopic (exact) mass is 439 g/mol. The summed E-state index contributed by atoms with van der Waals surface area (Å²) < 4.78 is 19.1. The van der Waals surface area contributed by atoms with Crippen molar-refractivity contribution in [2.75, 3.05) is 14.1 Å². The number of benzene rings is 2. The number of nitrogens with zero attached hydrogens (tertiary/aromatic N) is 3. The molecule has 1 aliphatic carbocycles. The highest BCUT2D eigenvalue weighted by atomic mass is 35.5. The number of aromatic nitrogens is 2. The Kier molecular flexibility index (Phi) is 6.83. The summed E-state index contributed by atoms with van der Waals surface area (Å²) in [6.07, 6.45) is 8.49. The van der Waals surface area contributed by atoms with Gasteiger partial charge in [0.25, 0.3) is 5.89 Å². The lowest BCUT2D eigenvalue weighted by Crippen LogP contribution is -2.30. The fourth-order valence-corrected chi connectivity index (χ4v) is 4.79. The minimum Gasteiger partial charge on any atom is -0.334 e. The number of rotatable bonds is 6. The van der Waals surface area contributed by atoms with Crippen LogP contribution in [0.5, 0.6) is 0 Å². The largest absolute Gasteiger partial charge is 0.334 e. The van der Waals surface area contributed by atoms with Crippen molar-refractivity contribution < 1.29 is 8.91 Å². The summed E-state index contributed by atoms with van der Waals surface area (Å²) in [7, 11) is 4.16. The van der Waals surface area contributed by atoms with Crippen molar-refractivity contribution >= 4 is 17.7 Å². The summed E-state index contributed by atoms with van der Waals surface area (Å²) >= 11 is 6.04. The van der Waals surface area contributed by atoms with E-state index in [2.05, 4.69) is 35.2 Å². The molecule has 2 aromatic carbocycles. The molecule has 0 N–H and O–H groups in total. The molecule has 6 heteroatoms. The third-order valence-corrected chi connectivity index (χ3v) is 6.28. The molecule has 1 aliphatic rings. The van der Waals surface area contributed by atoms with E-state index < -0.39 is 0 Å². The van der Waals surface area contributed by atoms with Crippen LogP contribution in [0.15, 0.2) is 59.1 Å². The Bertz CT molecular complexity index is 1040. The van der Waals surface area contributed by atoms with Gasteiger partial charge in [0.1, 0.15) is 5.82 Å². The molecular formula is C25H27ClFN3O. The molecule has 0 spiro atoms. The first-order valence-electron chi connectivity index (χ1n) is 10.7. The topological polar surface area (TPSA) is 42.2 Å². The zero-order valence-corrected chi connectivity index (χ0v) is 18.6. The zero-order valence-electron chi connectivity index (χ0n) is 17.8. The fourth-order valence-electron chi connectivity index (χ4n) is 4.60. The molecule has 0 amide bonds. The molecule has 1 aromatic heterocycles. The maximum atomic E-state index is 13.8. The second kappa shape index (κ2) is 9.75. The highest BCUT2D eigenvalue weighted by Crippen LogP contribution is 2.40. The van der Waals surface area contributed by atoms with Gasteiger partial charge in [-0.25, -0.2) is 4.39 Å². The third-order valence-electron chi connectivity index (χ3n) is 6.05. The van der Waals surface area contributed by atoms with E-state index in [-0.39, 0.29) is 11.9 Å². The molecule has 4 rings (SSSR count). The molecule has 4 nitrogen and oxygen atoms in total. The van der Waals surface area contributed by atoms with Gasteiger partial charge in [0.2, 0.25) is 5.82 Å². The average Bonchev–Trinajstić information content (AvgIpc) is 3.22. The summed E-state index contributed by atoms with van der Waals surface area (Å²) in [5.74, 6) is 1.86. The van der Waals surface area contributed by atoms with E-state index in [9.17, 15) is 4.39 Å². The van der Waals surface area contributed by atoms with E-state index in [0.717, 1.165) is 36.8 Å². The van der Waals surface area contributed by atoms with Crippen LogP contribution in [0.3, 0.4) is 0 Å². The van der Waals surface area contributed by atoms with Crippen LogP contribution in [0.4, 0.5) is 4.39 Å². The van der Waals surface area contributed by atoms with Crippen molar-refractivity contribution in [1.82, 2.24) is 15.0 Å². The summed E-state index contributed by atoms with van der Waals surface area (Å²) in [6.45, 7) is 0. The van der Waals surface area contributed by atoms with E-state index >= 15 is 0 Å². The van der Waals surface area contributed by atoms with Crippen LogP contribution >= 0.6 is 11.6 Å². The van der Waals surface area contributed by atoms with Gasteiger partial charge in [-0.05, 0) is 87.5 Å². The Morgan fingerprint density at radius 1 is 1.10 bits per heavy atom. The quantitative estimate of drug-likeness (QED) is 0.431. The first kappa shape index (κ1) is 21.7. The van der Waals surface area contributed by atoms with E-state index in [1.54, 1.807) is 12.1 Å². The van der Waals surface area contributed by atoms with E-state index in [1.165, 1.54) is 6.07 Å². The number of allylic oxidation sites excluding steroid dienone is 1. The SMILES string of the molecule is CN(C)C(c1cccc(F)c1)C1CCC(/C=C/c2nc(-c3cccc(Cl)c3)no2)CC1. The lowest BCUT2D eigenvalue weighted by Gasteiger charge is -2.37. The Morgan fingerprint density at radius 2 is 1.87 bits per heavy atom. The van der Waals surface area contributed by atoms with Gasteiger partial charge in [0.05, 0.1) is 0 Å². The van der Waals surface area contributed by atoms with E-state index in [0.29, 0.717) is 28.6 Å². The second-order valence-corrected chi connectivity index (χ2v) is 8.90. The second-order valence-electron chi connectivity index (χ2n) is 8.46. The molecule has 1 unspecified atom stereocenters. The molecule has 1 fully saturated rings. The maximum absolute atomic E-state index is 13.8. The van der Waals surface area contributed by atoms with Gasteiger partial charge in [-0.2, -0.15) is 4.98 Å². The van der Waals surface area contributed by atoms with Gasteiger partial charge in [-0.1, -0.05) is 47.1 Å². The number of halogens is 2. The minimum atomic E-state index is -0.169. The Labute approximate surface area is 187 Å². The molecule has 1 heterocycles. The lowest BCUT2D eigenvalue weighted by molar-refractivity contribution is 0.159. The standard InChI is InChI=1S/C25H27ClFN3O/c1-30(2)24(19-5-4-8-22(27)16-19)18-12-9-17(10-13-18)11-14-23-28-25(29-31-23)20-6-3-7-21(26)15-20/h3-8,11,14-18,24H,9-10,12-13H2,1-2H3/b14-11+. The summed E-state index contributed by atoms with van der Waals surface area (Å²) in [6, 6.07) is 14.7. The van der Waals surface area contributed by atoms with Gasteiger partial charge in [-0.3, -0.25) is 0 Å². The van der Waals surface area contributed by atoms with Crippen LogP contribution < -0.4 is 0 Å². The van der Waals surface area contributed by atoms with Crippen LogP contribution in [0.1, 0.15) is 43.2 Å². The highest BCUT2D eigenvalue weighted by molar-refractivity contribution is 6.30. The number of hydrogen-bond donors (Lipinski definition) is 0. The Morgan fingerprint density at radius 3 is 2.58 bits per heavy atom. The first-order valence-corrected chi connectivity index (χ1v) is 11.1. The van der Waals surface area contributed by atoms with Crippen LogP contribution in [0.2, 0.25) is 5.02 Å². The van der Waals surface area contributed by atoms with Gasteiger partial charge in [0, 0.05) is 16.6 Å². The van der Waals surface area contributed by atoms with E-state index in [1.807, 2.05) is 36.4 Å². The highest BCUT2D eigenvalue weighted by Gasteiger charge is 2.29. The zero-order chi connectivity index (χ0) is 21.8. The normalized spacial score (nSPS) is 20.4. The molecule has 162 valence electrons. The molecule has 0 aliphatic heterocycles. The molecule has 0 bridgehead atoms. The Hall–Kier alpha value is -2.50. The summed E-state index contributed by atoms with van der Waals surface area (Å²) in [4.78, 5) is 6.67. The van der Waals surface area contributed by atoms with Crippen molar-refractivity contribution in [2.24, 2.45) is 11.8 Å². The third kappa shape index (κ3) is 5.41. The van der Waals surface area contributed by atoms with Crippen LogP contribution in [0.25, 0.3) is 17.5 Å². The van der Waals surface area contributed by atoms with Crippen LogP contribution in [-0.2, 0) is 0 Å². The van der Waals surface area contributed by atoms with Gasteiger partial charge < -0.3 is 9.42 Å². The summed E-state index contributed by atoms with van der Waals surface area (Å²) in [5.41, 5.74) is 1.90. The van der Waals surface area contributed by atoms with Crippen molar-refractivity contribution in [3.05, 3.63) is 76.9 Å². The molecular weight excluding hydrogens is 413 g/mol. The van der Waals surface area contributed by atoms with E-state index in [4.69, 9.17) is 16.1 Å². The molecule has 1 saturated carbocycles. The van der Waals surface area contributed by atoms with Crippen molar-refractivity contribution in [1.29, 1.82) is 0 Å². The average molecular weight is 440 g/mol. The predicted octanol–water partition coefficient (Wildman–Crippen LogP) is 6.65. The minimum absolute atomic E-state index is 0.169. The van der Waals surface area contributed by atoms with Gasteiger partial charge in [0.15, 0.2) is 0 Å². The van der Waals surface area contributed by atoms with Gasteiger partial charge >= 0.3 is 0 Å². The fraction of sp³-hybridized carbons (Fsp3) is 0.360. The number of hydrogen-bond acceptors (Lipinski definition) is 4. The van der Waals surface area contributed by atoms with Crippen LogP contribution in [0, 0.1) is 17.7 Å². The lowest BCUT2D eigenvalue weighted by atomic mass is 9.76. The summed E-state index contributed by atoms with van der Waals surface area (Å²) in [5, 5.41) is 4.70. The molecule has 0 radical (unpaired) electrons. The molecule has 0 saturated heterocycles. The predicted molar refractivity (Wildman–Crippen MR) is 122 cm³/mol. The molecule has 1 atom stereocenters. The van der Waals surface area contributed by atoms with Crippen molar-refractivity contribution in [2.45, 2.75) is 31.7 Å². The molecule has 3 aromatic rings. The Balaban J connectivity index is 1.37. The first-order chi connectivity index (χ1) is 15.0. The molecule has 31 heavy (non-hydrogen) atoms. The smallest absolute Gasteiger partial charge is 0.250 e. The van der Waals surface area contributed by atoms with Crippen molar-refractivity contribution in [3.63, 3.8) is 0 Å². The van der Waals surface area contributed by atoms with Crippen molar-refractivity contribution in [3.8, 4) is 11.4 Å². The maximum Gasteiger partial charge on any atom is 0.250 e. The van der Waals surface area contributed by atoms with Crippen LogP contribution in [-0.4, -0.2) is 29.1 Å².